The summed E-state index contributed by atoms with van der Waals surface area (Å²) in [5, 5.41) is 11.8. The second-order valence-electron chi connectivity index (χ2n) is 5.51. The average molecular weight is 311 g/mol. The number of carboxylic acids is 1. The third-order valence-corrected chi connectivity index (χ3v) is 3.91. The fourth-order valence-corrected chi connectivity index (χ4v) is 2.22. The first-order chi connectivity index (χ1) is 9.73. The minimum atomic E-state index is -1.09. The number of benzene rings is 1. The minimum absolute atomic E-state index is 0.0455. The topological polar surface area (TPSA) is 75.6 Å². The molecule has 0 aromatic heterocycles. The number of hydrogen-bond donors (Lipinski definition) is 2. The Labute approximate surface area is 129 Å². The standard InChI is InChI=1S/C15H21NO4S/c1-15(2,3)21-9-12(17)16-13(14(18)19)10-5-7-11(20-4)8-6-10/h5-8,13H,9H2,1-4H3,(H,16,17)(H,18,19). The van der Waals surface area contributed by atoms with Crippen LogP contribution in [0.1, 0.15) is 32.4 Å². The SMILES string of the molecule is COc1ccc(C(NC(=O)CSC(C)(C)C)C(=O)O)cc1. The van der Waals surface area contributed by atoms with E-state index in [9.17, 15) is 14.7 Å². The van der Waals surface area contributed by atoms with Gasteiger partial charge in [0, 0.05) is 4.75 Å². The van der Waals surface area contributed by atoms with E-state index in [2.05, 4.69) is 5.32 Å². The highest BCUT2D eigenvalue weighted by Crippen LogP contribution is 2.23. The summed E-state index contributed by atoms with van der Waals surface area (Å²) in [6, 6.07) is 5.55. The number of carbonyl (C=O) groups excluding carboxylic acids is 1. The number of methoxy groups -OCH3 is 1. The molecule has 116 valence electrons. The summed E-state index contributed by atoms with van der Waals surface area (Å²) in [5.74, 6) is -0.520. The Morgan fingerprint density at radius 3 is 2.29 bits per heavy atom. The maximum Gasteiger partial charge on any atom is 0.330 e. The van der Waals surface area contributed by atoms with Gasteiger partial charge in [-0.05, 0) is 17.7 Å². The molecular weight excluding hydrogens is 290 g/mol. The van der Waals surface area contributed by atoms with Crippen molar-refractivity contribution in [3.8, 4) is 5.75 Å². The van der Waals surface area contributed by atoms with Crippen LogP contribution in [0.25, 0.3) is 0 Å². The zero-order valence-electron chi connectivity index (χ0n) is 12.7. The summed E-state index contributed by atoms with van der Waals surface area (Å²) < 4.78 is 4.98. The van der Waals surface area contributed by atoms with E-state index in [0.29, 0.717) is 11.3 Å². The van der Waals surface area contributed by atoms with E-state index in [-0.39, 0.29) is 16.4 Å². The van der Waals surface area contributed by atoms with Crippen LogP contribution in [0.2, 0.25) is 0 Å². The van der Waals surface area contributed by atoms with Crippen LogP contribution in [-0.2, 0) is 9.59 Å². The Kier molecular flexibility index (Phi) is 6.08. The number of ether oxygens (including phenoxy) is 1. The average Bonchev–Trinajstić information content (AvgIpc) is 2.41. The van der Waals surface area contributed by atoms with Crippen LogP contribution < -0.4 is 10.1 Å². The molecule has 0 aliphatic carbocycles. The number of rotatable bonds is 6. The van der Waals surface area contributed by atoms with Gasteiger partial charge in [-0.25, -0.2) is 4.79 Å². The zero-order chi connectivity index (χ0) is 16.0. The van der Waals surface area contributed by atoms with Crippen molar-refractivity contribution < 1.29 is 19.4 Å². The summed E-state index contributed by atoms with van der Waals surface area (Å²) >= 11 is 1.47. The lowest BCUT2D eigenvalue weighted by molar-refractivity contribution is -0.141. The summed E-state index contributed by atoms with van der Waals surface area (Å²) in [7, 11) is 1.54. The number of amides is 1. The van der Waals surface area contributed by atoms with Gasteiger partial charge in [-0.1, -0.05) is 32.9 Å². The molecule has 0 aliphatic rings. The Bertz CT molecular complexity index is 493. The quantitative estimate of drug-likeness (QED) is 0.844. The number of aliphatic carboxylic acids is 1. The minimum Gasteiger partial charge on any atom is -0.497 e. The van der Waals surface area contributed by atoms with Crippen LogP contribution >= 0.6 is 11.8 Å². The van der Waals surface area contributed by atoms with Gasteiger partial charge in [0.1, 0.15) is 5.75 Å². The predicted octanol–water partition coefficient (Wildman–Crippen LogP) is 2.47. The van der Waals surface area contributed by atoms with Crippen LogP contribution in [0.5, 0.6) is 5.75 Å². The normalized spacial score (nSPS) is 12.6. The molecule has 0 fully saturated rings. The molecule has 6 heteroatoms. The monoisotopic (exact) mass is 311 g/mol. The third kappa shape index (κ3) is 6.08. The maximum absolute atomic E-state index is 11.9. The summed E-state index contributed by atoms with van der Waals surface area (Å²) in [6.07, 6.45) is 0. The molecule has 21 heavy (non-hydrogen) atoms. The van der Waals surface area contributed by atoms with Gasteiger partial charge in [0.05, 0.1) is 12.9 Å². The van der Waals surface area contributed by atoms with Crippen molar-refractivity contribution in [2.24, 2.45) is 0 Å². The molecule has 0 heterocycles. The van der Waals surface area contributed by atoms with Crippen LogP contribution in [0.15, 0.2) is 24.3 Å². The first-order valence-corrected chi connectivity index (χ1v) is 7.51. The summed E-state index contributed by atoms with van der Waals surface area (Å²) in [5.41, 5.74) is 0.511. The number of thioether (sulfide) groups is 1. The number of nitrogens with one attached hydrogen (secondary N) is 1. The lowest BCUT2D eigenvalue weighted by atomic mass is 10.1. The second kappa shape index (κ2) is 7.36. The molecule has 0 spiro atoms. The highest BCUT2D eigenvalue weighted by atomic mass is 32.2. The molecule has 0 bridgehead atoms. The largest absolute Gasteiger partial charge is 0.497 e. The highest BCUT2D eigenvalue weighted by Gasteiger charge is 2.23. The van der Waals surface area contributed by atoms with Gasteiger partial charge in [-0.15, -0.1) is 11.8 Å². The van der Waals surface area contributed by atoms with E-state index in [1.807, 2.05) is 20.8 Å². The molecule has 1 atom stereocenters. The van der Waals surface area contributed by atoms with Gasteiger partial charge in [0.25, 0.3) is 0 Å². The smallest absolute Gasteiger partial charge is 0.330 e. The lowest BCUT2D eigenvalue weighted by Crippen LogP contribution is -2.35. The van der Waals surface area contributed by atoms with E-state index in [1.165, 1.54) is 18.9 Å². The first-order valence-electron chi connectivity index (χ1n) is 6.53. The molecule has 2 N–H and O–H groups in total. The van der Waals surface area contributed by atoms with Gasteiger partial charge in [0.2, 0.25) is 5.91 Å². The third-order valence-electron chi connectivity index (χ3n) is 2.64. The lowest BCUT2D eigenvalue weighted by Gasteiger charge is -2.19. The Balaban J connectivity index is 2.73. The van der Waals surface area contributed by atoms with Crippen molar-refractivity contribution in [2.75, 3.05) is 12.9 Å². The molecule has 0 radical (unpaired) electrons. The van der Waals surface area contributed by atoms with Crippen LogP contribution in [0, 0.1) is 0 Å². The number of hydrogen-bond acceptors (Lipinski definition) is 4. The van der Waals surface area contributed by atoms with Crippen molar-refractivity contribution in [2.45, 2.75) is 31.6 Å². The number of carboxylic acid groups (broad SMARTS) is 1. The Morgan fingerprint density at radius 2 is 1.86 bits per heavy atom. The summed E-state index contributed by atoms with van der Waals surface area (Å²) in [6.45, 7) is 6.01. The fraction of sp³-hybridized carbons (Fsp3) is 0.467. The molecule has 1 aromatic carbocycles. The van der Waals surface area contributed by atoms with Gasteiger partial charge < -0.3 is 15.2 Å². The van der Waals surface area contributed by atoms with E-state index < -0.39 is 12.0 Å². The van der Waals surface area contributed by atoms with Crippen molar-refractivity contribution in [3.63, 3.8) is 0 Å². The maximum atomic E-state index is 11.9. The van der Waals surface area contributed by atoms with Gasteiger partial charge in [0.15, 0.2) is 6.04 Å². The van der Waals surface area contributed by atoms with E-state index in [1.54, 1.807) is 24.3 Å². The summed E-state index contributed by atoms with van der Waals surface area (Å²) in [4.78, 5) is 23.2. The van der Waals surface area contributed by atoms with E-state index >= 15 is 0 Å². The van der Waals surface area contributed by atoms with E-state index in [0.717, 1.165) is 0 Å². The van der Waals surface area contributed by atoms with Crippen molar-refractivity contribution in [1.82, 2.24) is 5.32 Å². The van der Waals surface area contributed by atoms with Crippen molar-refractivity contribution in [1.29, 1.82) is 0 Å². The molecule has 0 aliphatic heterocycles. The molecule has 5 nitrogen and oxygen atoms in total. The molecule has 0 saturated heterocycles. The number of carbonyl (C=O) groups is 2. The van der Waals surface area contributed by atoms with Crippen molar-refractivity contribution in [3.05, 3.63) is 29.8 Å². The first kappa shape index (κ1) is 17.4. The molecule has 1 unspecified atom stereocenters. The Morgan fingerprint density at radius 1 is 1.29 bits per heavy atom. The van der Waals surface area contributed by atoms with E-state index in [4.69, 9.17) is 4.74 Å². The predicted molar refractivity (Wildman–Crippen MR) is 83.7 cm³/mol. The van der Waals surface area contributed by atoms with Crippen LogP contribution in [-0.4, -0.2) is 34.6 Å². The van der Waals surface area contributed by atoms with Crippen LogP contribution in [0.3, 0.4) is 0 Å². The van der Waals surface area contributed by atoms with Gasteiger partial charge >= 0.3 is 5.97 Å². The zero-order valence-corrected chi connectivity index (χ0v) is 13.5. The second-order valence-corrected chi connectivity index (χ2v) is 7.32. The molecule has 1 amide bonds. The molecular formula is C15H21NO4S. The van der Waals surface area contributed by atoms with Gasteiger partial charge in [-0.2, -0.15) is 0 Å². The highest BCUT2D eigenvalue weighted by molar-refractivity contribution is 8.01. The molecule has 1 rings (SSSR count). The molecule has 0 saturated carbocycles. The Hall–Kier alpha value is -1.69. The molecule has 1 aromatic rings. The van der Waals surface area contributed by atoms with Gasteiger partial charge in [-0.3, -0.25) is 4.79 Å². The van der Waals surface area contributed by atoms with Crippen LogP contribution in [0.4, 0.5) is 0 Å². The van der Waals surface area contributed by atoms with Crippen molar-refractivity contribution >= 4 is 23.6 Å². The fourth-order valence-electron chi connectivity index (χ4n) is 1.57.